The van der Waals surface area contributed by atoms with Crippen molar-refractivity contribution in [2.75, 3.05) is 0 Å². The van der Waals surface area contributed by atoms with Crippen molar-refractivity contribution in [2.24, 2.45) is 11.3 Å². The van der Waals surface area contributed by atoms with Crippen molar-refractivity contribution in [1.29, 1.82) is 0 Å². The summed E-state index contributed by atoms with van der Waals surface area (Å²) >= 11 is 0. The van der Waals surface area contributed by atoms with E-state index in [1.807, 2.05) is 13.8 Å². The van der Waals surface area contributed by atoms with Crippen LogP contribution in [0.3, 0.4) is 0 Å². The SMILES string of the molecule is CCC(C)(CC)OC(CC(C)C)C(=O)C(C)(C)CC. The van der Waals surface area contributed by atoms with Gasteiger partial charge in [-0.15, -0.1) is 0 Å². The van der Waals surface area contributed by atoms with Gasteiger partial charge in [0.2, 0.25) is 0 Å². The summed E-state index contributed by atoms with van der Waals surface area (Å²) in [6.45, 7) is 16.8. The van der Waals surface area contributed by atoms with Gasteiger partial charge in [-0.2, -0.15) is 0 Å². The van der Waals surface area contributed by atoms with Crippen LogP contribution in [0.25, 0.3) is 0 Å². The monoisotopic (exact) mass is 270 g/mol. The Morgan fingerprint density at radius 3 is 1.79 bits per heavy atom. The van der Waals surface area contributed by atoms with Crippen LogP contribution in [0.1, 0.15) is 81.1 Å². The molecule has 2 nitrogen and oxygen atoms in total. The van der Waals surface area contributed by atoms with Crippen molar-refractivity contribution in [3.05, 3.63) is 0 Å². The lowest BCUT2D eigenvalue weighted by Gasteiger charge is -2.36. The molecule has 0 N–H and O–H groups in total. The molecule has 0 amide bonds. The predicted octanol–water partition coefficient (Wildman–Crippen LogP) is 5.00. The van der Waals surface area contributed by atoms with Crippen LogP contribution in [0.5, 0.6) is 0 Å². The van der Waals surface area contributed by atoms with Gasteiger partial charge in [-0.05, 0) is 38.5 Å². The number of ketones is 1. The zero-order chi connectivity index (χ0) is 15.3. The van der Waals surface area contributed by atoms with E-state index in [4.69, 9.17) is 4.74 Å². The van der Waals surface area contributed by atoms with E-state index in [9.17, 15) is 4.79 Å². The van der Waals surface area contributed by atoms with E-state index in [2.05, 4.69) is 41.5 Å². The predicted molar refractivity (Wildman–Crippen MR) is 82.4 cm³/mol. The minimum atomic E-state index is -0.290. The molecule has 0 aliphatic heterocycles. The van der Waals surface area contributed by atoms with Crippen LogP contribution in [0.4, 0.5) is 0 Å². The van der Waals surface area contributed by atoms with Crippen LogP contribution in [0.2, 0.25) is 0 Å². The minimum absolute atomic E-state index is 0.182. The van der Waals surface area contributed by atoms with E-state index >= 15 is 0 Å². The molecule has 0 aromatic carbocycles. The highest BCUT2D eigenvalue weighted by Gasteiger charge is 2.36. The molecular formula is C17H34O2. The van der Waals surface area contributed by atoms with Gasteiger partial charge in [-0.25, -0.2) is 0 Å². The molecule has 0 saturated heterocycles. The van der Waals surface area contributed by atoms with Gasteiger partial charge in [-0.3, -0.25) is 4.79 Å². The van der Waals surface area contributed by atoms with Crippen LogP contribution < -0.4 is 0 Å². The zero-order valence-electron chi connectivity index (χ0n) is 14.3. The fourth-order valence-corrected chi connectivity index (χ4v) is 2.01. The molecule has 19 heavy (non-hydrogen) atoms. The summed E-state index contributed by atoms with van der Waals surface area (Å²) in [4.78, 5) is 12.7. The summed E-state index contributed by atoms with van der Waals surface area (Å²) < 4.78 is 6.25. The quantitative estimate of drug-likeness (QED) is 0.589. The van der Waals surface area contributed by atoms with Crippen molar-refractivity contribution in [3.8, 4) is 0 Å². The largest absolute Gasteiger partial charge is 0.364 e. The van der Waals surface area contributed by atoms with Gasteiger partial charge in [0, 0.05) is 5.41 Å². The molecule has 0 heterocycles. The van der Waals surface area contributed by atoms with Gasteiger partial charge in [-0.1, -0.05) is 48.5 Å². The van der Waals surface area contributed by atoms with Gasteiger partial charge >= 0.3 is 0 Å². The van der Waals surface area contributed by atoms with Crippen LogP contribution in [-0.2, 0) is 9.53 Å². The molecule has 0 aromatic rings. The number of carbonyl (C=O) groups is 1. The third-order valence-electron chi connectivity index (χ3n) is 4.45. The number of hydrogen-bond donors (Lipinski definition) is 0. The Balaban J connectivity index is 5.07. The Kier molecular flexibility index (Phi) is 7.28. The fourth-order valence-electron chi connectivity index (χ4n) is 2.01. The summed E-state index contributed by atoms with van der Waals surface area (Å²) in [5.41, 5.74) is -0.471. The standard InChI is InChI=1S/C17H34O2/c1-9-16(6,7)15(18)14(12-13(4)5)19-17(8,10-2)11-3/h13-14H,9-12H2,1-8H3. The summed E-state index contributed by atoms with van der Waals surface area (Å²) in [6, 6.07) is 0. The topological polar surface area (TPSA) is 26.3 Å². The average molecular weight is 270 g/mol. The molecule has 0 radical (unpaired) electrons. The molecule has 2 heteroatoms. The van der Waals surface area contributed by atoms with Gasteiger partial charge in [0.15, 0.2) is 5.78 Å². The smallest absolute Gasteiger partial charge is 0.167 e. The highest BCUT2D eigenvalue weighted by molar-refractivity contribution is 5.88. The second-order valence-corrected chi connectivity index (χ2v) is 6.99. The first kappa shape index (κ1) is 18.6. The van der Waals surface area contributed by atoms with Gasteiger partial charge in [0.05, 0.1) is 5.60 Å². The van der Waals surface area contributed by atoms with Crippen LogP contribution in [-0.4, -0.2) is 17.5 Å². The van der Waals surface area contributed by atoms with Gasteiger partial charge in [0.25, 0.3) is 0 Å². The summed E-state index contributed by atoms with van der Waals surface area (Å²) in [7, 11) is 0. The number of rotatable bonds is 9. The van der Waals surface area contributed by atoms with Crippen molar-refractivity contribution in [1.82, 2.24) is 0 Å². The van der Waals surface area contributed by atoms with Crippen molar-refractivity contribution >= 4 is 5.78 Å². The summed E-state index contributed by atoms with van der Waals surface area (Å²) in [6.07, 6.45) is 3.30. The maximum absolute atomic E-state index is 12.7. The maximum Gasteiger partial charge on any atom is 0.167 e. The number of Topliss-reactive ketones (excluding diaryl/α,β-unsaturated/α-hetero) is 1. The lowest BCUT2D eigenvalue weighted by atomic mass is 9.80. The molecular weight excluding hydrogens is 236 g/mol. The molecule has 0 aliphatic carbocycles. The number of ether oxygens (including phenoxy) is 1. The molecule has 0 rings (SSSR count). The van der Waals surface area contributed by atoms with E-state index in [-0.39, 0.29) is 22.9 Å². The molecule has 0 aromatic heterocycles. The Bertz CT molecular complexity index is 275. The first-order valence-electron chi connectivity index (χ1n) is 7.84. The molecule has 0 saturated carbocycles. The first-order chi connectivity index (χ1) is 8.61. The van der Waals surface area contributed by atoms with Crippen molar-refractivity contribution in [2.45, 2.75) is 92.8 Å². The van der Waals surface area contributed by atoms with Gasteiger partial charge in [0.1, 0.15) is 6.10 Å². The lowest BCUT2D eigenvalue weighted by Crippen LogP contribution is -2.42. The van der Waals surface area contributed by atoms with Crippen molar-refractivity contribution in [3.63, 3.8) is 0 Å². The molecule has 0 aliphatic rings. The Morgan fingerprint density at radius 2 is 1.47 bits per heavy atom. The fraction of sp³-hybridized carbons (Fsp3) is 0.941. The number of hydrogen-bond acceptors (Lipinski definition) is 2. The van der Waals surface area contributed by atoms with Crippen molar-refractivity contribution < 1.29 is 9.53 Å². The van der Waals surface area contributed by atoms with E-state index in [1.54, 1.807) is 0 Å². The molecule has 0 spiro atoms. The Hall–Kier alpha value is -0.370. The molecule has 114 valence electrons. The van der Waals surface area contributed by atoms with Gasteiger partial charge < -0.3 is 4.74 Å². The normalized spacial score (nSPS) is 14.8. The molecule has 0 fully saturated rings. The molecule has 0 bridgehead atoms. The third kappa shape index (κ3) is 5.64. The van der Waals surface area contributed by atoms with Crippen LogP contribution >= 0.6 is 0 Å². The average Bonchev–Trinajstić information content (AvgIpc) is 2.36. The van der Waals surface area contributed by atoms with E-state index < -0.39 is 0 Å². The second kappa shape index (κ2) is 7.42. The Morgan fingerprint density at radius 1 is 1.00 bits per heavy atom. The van der Waals surface area contributed by atoms with Crippen LogP contribution in [0.15, 0.2) is 0 Å². The lowest BCUT2D eigenvalue weighted by molar-refractivity contribution is -0.155. The minimum Gasteiger partial charge on any atom is -0.364 e. The third-order valence-corrected chi connectivity index (χ3v) is 4.45. The van der Waals surface area contributed by atoms with E-state index in [0.29, 0.717) is 5.92 Å². The van der Waals surface area contributed by atoms with E-state index in [1.165, 1.54) is 0 Å². The number of carbonyl (C=O) groups excluding carboxylic acids is 1. The second-order valence-electron chi connectivity index (χ2n) is 6.99. The maximum atomic E-state index is 12.7. The van der Waals surface area contributed by atoms with E-state index in [0.717, 1.165) is 25.7 Å². The molecule has 1 atom stereocenters. The summed E-state index contributed by atoms with van der Waals surface area (Å²) in [5.74, 6) is 0.733. The zero-order valence-corrected chi connectivity index (χ0v) is 14.3. The highest BCUT2D eigenvalue weighted by atomic mass is 16.5. The Labute approximate surface area is 120 Å². The highest BCUT2D eigenvalue weighted by Crippen LogP contribution is 2.30. The molecule has 1 unspecified atom stereocenters. The summed E-state index contributed by atoms with van der Waals surface area (Å²) in [5, 5.41) is 0. The first-order valence-corrected chi connectivity index (χ1v) is 7.84. The van der Waals surface area contributed by atoms with Crippen LogP contribution in [0, 0.1) is 11.3 Å².